The first-order valence-corrected chi connectivity index (χ1v) is 4.40. The van der Waals surface area contributed by atoms with Gasteiger partial charge in [-0.2, -0.15) is 0 Å². The van der Waals surface area contributed by atoms with Gasteiger partial charge in [0.1, 0.15) is 0 Å². The number of halogens is 1. The standard InChI is InChI=1S/C8H13ClN2/c1-2-3-4-5-7-6-10-8(9)11-7/h6H,2-5H2,1H3,(H,10,11). The number of unbranched alkanes of at least 4 members (excludes halogenated alkanes) is 2. The molecule has 1 rings (SSSR count). The Kier molecular flexibility index (Phi) is 3.43. The van der Waals surface area contributed by atoms with E-state index in [1.54, 1.807) is 6.20 Å². The van der Waals surface area contributed by atoms with Crippen molar-refractivity contribution in [3.05, 3.63) is 17.2 Å². The summed E-state index contributed by atoms with van der Waals surface area (Å²) in [7, 11) is 0. The number of aryl methyl sites for hydroxylation is 1. The maximum atomic E-state index is 5.61. The monoisotopic (exact) mass is 172 g/mol. The van der Waals surface area contributed by atoms with Gasteiger partial charge in [-0.05, 0) is 24.4 Å². The lowest BCUT2D eigenvalue weighted by atomic mass is 10.2. The van der Waals surface area contributed by atoms with Crippen molar-refractivity contribution in [2.75, 3.05) is 0 Å². The molecule has 0 unspecified atom stereocenters. The van der Waals surface area contributed by atoms with E-state index < -0.39 is 0 Å². The van der Waals surface area contributed by atoms with Crippen molar-refractivity contribution in [3.63, 3.8) is 0 Å². The molecule has 0 spiro atoms. The minimum Gasteiger partial charge on any atom is -0.333 e. The minimum atomic E-state index is 0.497. The molecule has 0 radical (unpaired) electrons. The molecule has 0 aliphatic rings. The average Bonchev–Trinajstić information content (AvgIpc) is 2.37. The zero-order valence-electron chi connectivity index (χ0n) is 6.73. The van der Waals surface area contributed by atoms with Gasteiger partial charge in [0.2, 0.25) is 0 Å². The van der Waals surface area contributed by atoms with Crippen LogP contribution in [0.3, 0.4) is 0 Å². The largest absolute Gasteiger partial charge is 0.333 e. The van der Waals surface area contributed by atoms with Gasteiger partial charge in [0, 0.05) is 11.9 Å². The fourth-order valence-corrected chi connectivity index (χ4v) is 1.19. The van der Waals surface area contributed by atoms with E-state index in [2.05, 4.69) is 16.9 Å². The van der Waals surface area contributed by atoms with Crippen LogP contribution in [0.15, 0.2) is 6.20 Å². The summed E-state index contributed by atoms with van der Waals surface area (Å²) in [5.41, 5.74) is 1.14. The van der Waals surface area contributed by atoms with Gasteiger partial charge >= 0.3 is 0 Å². The molecule has 1 aromatic rings. The maximum absolute atomic E-state index is 5.61. The summed E-state index contributed by atoms with van der Waals surface area (Å²) in [5, 5.41) is 0.497. The summed E-state index contributed by atoms with van der Waals surface area (Å²) in [6.45, 7) is 2.19. The van der Waals surface area contributed by atoms with Crippen molar-refractivity contribution in [1.29, 1.82) is 0 Å². The van der Waals surface area contributed by atoms with Crippen LogP contribution in [-0.4, -0.2) is 9.97 Å². The lowest BCUT2D eigenvalue weighted by molar-refractivity contribution is 0.709. The molecular weight excluding hydrogens is 160 g/mol. The second kappa shape index (κ2) is 4.39. The Morgan fingerprint density at radius 3 is 2.91 bits per heavy atom. The van der Waals surface area contributed by atoms with E-state index in [-0.39, 0.29) is 0 Å². The molecule has 0 amide bonds. The summed E-state index contributed by atoms with van der Waals surface area (Å²) in [6.07, 6.45) is 6.61. The summed E-state index contributed by atoms with van der Waals surface area (Å²) >= 11 is 5.61. The molecule has 0 aliphatic carbocycles. The van der Waals surface area contributed by atoms with Gasteiger partial charge in [0.25, 0.3) is 0 Å². The highest BCUT2D eigenvalue weighted by Gasteiger charge is 1.96. The van der Waals surface area contributed by atoms with Crippen molar-refractivity contribution in [1.82, 2.24) is 9.97 Å². The summed E-state index contributed by atoms with van der Waals surface area (Å²) in [4.78, 5) is 6.89. The number of rotatable bonds is 4. The van der Waals surface area contributed by atoms with E-state index in [0.717, 1.165) is 12.1 Å². The molecule has 0 saturated heterocycles. The van der Waals surface area contributed by atoms with E-state index >= 15 is 0 Å². The van der Waals surface area contributed by atoms with Crippen molar-refractivity contribution in [2.24, 2.45) is 0 Å². The van der Waals surface area contributed by atoms with Crippen LogP contribution in [0.25, 0.3) is 0 Å². The molecule has 62 valence electrons. The van der Waals surface area contributed by atoms with Gasteiger partial charge in [-0.25, -0.2) is 4.98 Å². The van der Waals surface area contributed by atoms with Crippen molar-refractivity contribution in [2.45, 2.75) is 32.6 Å². The zero-order chi connectivity index (χ0) is 8.10. The molecule has 0 fully saturated rings. The smallest absolute Gasteiger partial charge is 0.200 e. The van der Waals surface area contributed by atoms with Crippen LogP contribution in [0.4, 0.5) is 0 Å². The Bertz CT molecular complexity index is 208. The minimum absolute atomic E-state index is 0.497. The van der Waals surface area contributed by atoms with Gasteiger partial charge in [-0.15, -0.1) is 0 Å². The molecule has 0 saturated carbocycles. The number of aromatic amines is 1. The van der Waals surface area contributed by atoms with E-state index in [4.69, 9.17) is 11.6 Å². The Morgan fingerprint density at radius 2 is 2.36 bits per heavy atom. The molecule has 1 heterocycles. The first kappa shape index (κ1) is 8.60. The highest BCUT2D eigenvalue weighted by Crippen LogP contribution is 2.06. The molecule has 3 heteroatoms. The zero-order valence-corrected chi connectivity index (χ0v) is 7.49. The first-order valence-electron chi connectivity index (χ1n) is 4.02. The molecule has 0 aliphatic heterocycles. The lowest BCUT2D eigenvalue weighted by Gasteiger charge is -1.93. The van der Waals surface area contributed by atoms with Gasteiger partial charge < -0.3 is 4.98 Å². The quantitative estimate of drug-likeness (QED) is 0.696. The third kappa shape index (κ3) is 2.93. The number of hydrogen-bond donors (Lipinski definition) is 1. The summed E-state index contributed by atoms with van der Waals surface area (Å²) < 4.78 is 0. The van der Waals surface area contributed by atoms with E-state index in [1.807, 2.05) is 0 Å². The fraction of sp³-hybridized carbons (Fsp3) is 0.625. The predicted octanol–water partition coefficient (Wildman–Crippen LogP) is 2.80. The van der Waals surface area contributed by atoms with E-state index in [0.29, 0.717) is 5.28 Å². The third-order valence-corrected chi connectivity index (χ3v) is 1.84. The fourth-order valence-electron chi connectivity index (χ4n) is 1.02. The third-order valence-electron chi connectivity index (χ3n) is 1.65. The van der Waals surface area contributed by atoms with Crippen LogP contribution in [0.1, 0.15) is 31.9 Å². The molecule has 1 N–H and O–H groups in total. The number of H-pyrrole nitrogens is 1. The summed E-state index contributed by atoms with van der Waals surface area (Å²) in [5.74, 6) is 0. The molecule has 1 aromatic heterocycles. The Balaban J connectivity index is 2.27. The van der Waals surface area contributed by atoms with Crippen molar-refractivity contribution in [3.8, 4) is 0 Å². The first-order chi connectivity index (χ1) is 5.33. The molecule has 11 heavy (non-hydrogen) atoms. The molecule has 0 atom stereocenters. The normalized spacial score (nSPS) is 10.4. The van der Waals surface area contributed by atoms with Crippen LogP contribution in [0.5, 0.6) is 0 Å². The number of aromatic nitrogens is 2. The molecule has 0 bridgehead atoms. The number of nitrogens with zero attached hydrogens (tertiary/aromatic N) is 1. The topological polar surface area (TPSA) is 28.7 Å². The summed E-state index contributed by atoms with van der Waals surface area (Å²) in [6, 6.07) is 0. The van der Waals surface area contributed by atoms with Crippen molar-refractivity contribution < 1.29 is 0 Å². The van der Waals surface area contributed by atoms with Gasteiger partial charge in [0.15, 0.2) is 5.28 Å². The Hall–Kier alpha value is -0.500. The molecule has 0 aromatic carbocycles. The predicted molar refractivity (Wildman–Crippen MR) is 46.8 cm³/mol. The van der Waals surface area contributed by atoms with Gasteiger partial charge in [-0.1, -0.05) is 19.8 Å². The SMILES string of the molecule is CCCCCc1cnc(Cl)[nH]1. The lowest BCUT2D eigenvalue weighted by Crippen LogP contribution is -1.84. The maximum Gasteiger partial charge on any atom is 0.200 e. The van der Waals surface area contributed by atoms with E-state index in [9.17, 15) is 0 Å². The Labute approximate surface area is 72.0 Å². The second-order valence-electron chi connectivity index (χ2n) is 2.66. The van der Waals surface area contributed by atoms with Crippen LogP contribution in [0, 0.1) is 0 Å². The Morgan fingerprint density at radius 1 is 1.55 bits per heavy atom. The van der Waals surface area contributed by atoms with Gasteiger partial charge in [-0.3, -0.25) is 0 Å². The highest BCUT2D eigenvalue weighted by molar-refractivity contribution is 6.28. The van der Waals surface area contributed by atoms with Crippen LogP contribution in [0.2, 0.25) is 5.28 Å². The van der Waals surface area contributed by atoms with Crippen LogP contribution >= 0.6 is 11.6 Å². The number of imidazole rings is 1. The van der Waals surface area contributed by atoms with Crippen LogP contribution in [-0.2, 0) is 6.42 Å². The van der Waals surface area contributed by atoms with E-state index in [1.165, 1.54) is 19.3 Å². The van der Waals surface area contributed by atoms with Crippen molar-refractivity contribution >= 4 is 11.6 Å². The van der Waals surface area contributed by atoms with Crippen LogP contribution < -0.4 is 0 Å². The number of hydrogen-bond acceptors (Lipinski definition) is 1. The number of nitrogens with one attached hydrogen (secondary N) is 1. The average molecular weight is 173 g/mol. The second-order valence-corrected chi connectivity index (χ2v) is 3.01. The highest BCUT2D eigenvalue weighted by atomic mass is 35.5. The van der Waals surface area contributed by atoms with Gasteiger partial charge in [0.05, 0.1) is 0 Å². The molecular formula is C8H13ClN2. The molecule has 2 nitrogen and oxygen atoms in total.